The average Bonchev–Trinajstić information content (AvgIpc) is 2.69. The van der Waals surface area contributed by atoms with E-state index < -0.39 is 0 Å². The summed E-state index contributed by atoms with van der Waals surface area (Å²) < 4.78 is 6.00. The van der Waals surface area contributed by atoms with E-state index in [0.717, 1.165) is 28.6 Å². The predicted molar refractivity (Wildman–Crippen MR) is 103 cm³/mol. The fraction of sp³-hybridized carbons (Fsp3) is 0.0455. The summed E-state index contributed by atoms with van der Waals surface area (Å²) in [6.45, 7) is 3.80. The van der Waals surface area contributed by atoms with Crippen molar-refractivity contribution < 1.29 is 4.74 Å². The van der Waals surface area contributed by atoms with Crippen molar-refractivity contribution in [3.8, 4) is 23.1 Å². The molecular formula is C22H17N3O. The first-order valence-electron chi connectivity index (χ1n) is 8.39. The zero-order chi connectivity index (χ0) is 17.8. The zero-order valence-electron chi connectivity index (χ0n) is 14.2. The number of pyridine rings is 1. The minimum Gasteiger partial charge on any atom is -0.439 e. The minimum atomic E-state index is 0.510. The molecule has 26 heavy (non-hydrogen) atoms. The van der Waals surface area contributed by atoms with Gasteiger partial charge in [0.1, 0.15) is 11.4 Å². The average molecular weight is 339 g/mol. The zero-order valence-corrected chi connectivity index (χ0v) is 14.2. The molecule has 0 fully saturated rings. The van der Waals surface area contributed by atoms with Crippen LogP contribution in [0, 0.1) is 0 Å². The van der Waals surface area contributed by atoms with Gasteiger partial charge in [-0.25, -0.2) is 15.0 Å². The minimum absolute atomic E-state index is 0.510. The van der Waals surface area contributed by atoms with Crippen LogP contribution in [0.5, 0.6) is 11.6 Å². The predicted octanol–water partition coefficient (Wildman–Crippen LogP) is 5.21. The number of rotatable bonds is 5. The van der Waals surface area contributed by atoms with Gasteiger partial charge in [-0.15, -0.1) is 6.58 Å². The number of nitrogens with zero attached hydrogens (tertiary/aromatic N) is 3. The van der Waals surface area contributed by atoms with Gasteiger partial charge < -0.3 is 4.74 Å². The van der Waals surface area contributed by atoms with E-state index in [0.29, 0.717) is 17.4 Å². The van der Waals surface area contributed by atoms with E-state index in [2.05, 4.69) is 21.5 Å². The van der Waals surface area contributed by atoms with Crippen LogP contribution in [0.15, 0.2) is 85.6 Å². The number of fused-ring (bicyclic) bond motifs is 1. The highest BCUT2D eigenvalue weighted by Crippen LogP contribution is 2.26. The summed E-state index contributed by atoms with van der Waals surface area (Å²) in [6.07, 6.45) is 4.41. The van der Waals surface area contributed by atoms with Gasteiger partial charge in [0, 0.05) is 17.6 Å². The fourth-order valence-electron chi connectivity index (χ4n) is 2.73. The lowest BCUT2D eigenvalue weighted by molar-refractivity contribution is 0.459. The highest BCUT2D eigenvalue weighted by molar-refractivity contribution is 5.79. The summed E-state index contributed by atoms with van der Waals surface area (Å²) in [5, 5.41) is 1.00. The van der Waals surface area contributed by atoms with Crippen molar-refractivity contribution in [3.05, 3.63) is 91.1 Å². The lowest BCUT2D eigenvalue weighted by Gasteiger charge is -2.10. The Bertz CT molecular complexity index is 1080. The molecule has 0 bridgehead atoms. The Morgan fingerprint density at radius 1 is 0.885 bits per heavy atom. The third-order valence-corrected chi connectivity index (χ3v) is 3.99. The van der Waals surface area contributed by atoms with Crippen LogP contribution in [0.2, 0.25) is 0 Å². The molecule has 0 spiro atoms. The fourth-order valence-corrected chi connectivity index (χ4v) is 2.73. The number of para-hydroxylation sites is 2. The highest BCUT2D eigenvalue weighted by atomic mass is 16.5. The van der Waals surface area contributed by atoms with E-state index in [4.69, 9.17) is 4.74 Å². The molecule has 0 amide bonds. The second-order valence-corrected chi connectivity index (χ2v) is 5.82. The maximum atomic E-state index is 6.00. The molecule has 0 aliphatic heterocycles. The summed E-state index contributed by atoms with van der Waals surface area (Å²) in [4.78, 5) is 13.6. The van der Waals surface area contributed by atoms with Gasteiger partial charge in [0.25, 0.3) is 0 Å². The first kappa shape index (κ1) is 16.0. The van der Waals surface area contributed by atoms with E-state index in [1.54, 1.807) is 0 Å². The van der Waals surface area contributed by atoms with E-state index in [9.17, 15) is 0 Å². The highest BCUT2D eigenvalue weighted by Gasteiger charge is 2.08. The summed E-state index contributed by atoms with van der Waals surface area (Å²) in [5.74, 6) is 1.86. The Morgan fingerprint density at radius 2 is 1.73 bits per heavy atom. The molecule has 0 unspecified atom stereocenters. The Morgan fingerprint density at radius 3 is 2.65 bits per heavy atom. The number of hydrogen-bond acceptors (Lipinski definition) is 4. The molecule has 0 N–H and O–H groups in total. The number of benzene rings is 2. The van der Waals surface area contributed by atoms with Crippen molar-refractivity contribution in [2.75, 3.05) is 0 Å². The second kappa shape index (κ2) is 7.15. The van der Waals surface area contributed by atoms with E-state index in [1.165, 1.54) is 0 Å². The SMILES string of the molecule is C=CCc1ccccc1Oc1cccc(-c2ncc3ccccc3n2)n1. The molecule has 0 aliphatic carbocycles. The van der Waals surface area contributed by atoms with Crippen molar-refractivity contribution in [1.29, 1.82) is 0 Å². The topological polar surface area (TPSA) is 47.9 Å². The second-order valence-electron chi connectivity index (χ2n) is 5.82. The van der Waals surface area contributed by atoms with Crippen LogP contribution in [0.25, 0.3) is 22.4 Å². The molecule has 0 saturated carbocycles. The number of aromatic nitrogens is 3. The van der Waals surface area contributed by atoms with Crippen LogP contribution in [-0.2, 0) is 6.42 Å². The molecule has 0 radical (unpaired) electrons. The molecule has 0 saturated heterocycles. The largest absolute Gasteiger partial charge is 0.439 e. The number of hydrogen-bond donors (Lipinski definition) is 0. The lowest BCUT2D eigenvalue weighted by Crippen LogP contribution is -1.96. The van der Waals surface area contributed by atoms with Gasteiger partial charge in [0.15, 0.2) is 5.82 Å². The van der Waals surface area contributed by atoms with Crippen LogP contribution >= 0.6 is 0 Å². The van der Waals surface area contributed by atoms with E-state index in [-0.39, 0.29) is 0 Å². The number of allylic oxidation sites excluding steroid dienone is 1. The first-order valence-corrected chi connectivity index (χ1v) is 8.39. The maximum absolute atomic E-state index is 6.00. The van der Waals surface area contributed by atoms with Gasteiger partial charge in [-0.1, -0.05) is 48.5 Å². The lowest BCUT2D eigenvalue weighted by atomic mass is 10.1. The molecule has 126 valence electrons. The van der Waals surface area contributed by atoms with Gasteiger partial charge in [-0.2, -0.15) is 0 Å². The standard InChI is InChI=1S/C22H17N3O/c1-2-8-16-9-4-6-13-20(16)26-21-14-7-12-19(24-21)22-23-15-17-10-3-5-11-18(17)25-22/h2-7,9-15H,1,8H2. The van der Waals surface area contributed by atoms with Gasteiger partial charge >= 0.3 is 0 Å². The van der Waals surface area contributed by atoms with Crippen molar-refractivity contribution in [3.63, 3.8) is 0 Å². The maximum Gasteiger partial charge on any atom is 0.219 e. The summed E-state index contributed by atoms with van der Waals surface area (Å²) in [5.41, 5.74) is 2.63. The van der Waals surface area contributed by atoms with E-state index >= 15 is 0 Å². The molecule has 2 aromatic carbocycles. The molecule has 4 aromatic rings. The van der Waals surface area contributed by atoms with Crippen molar-refractivity contribution in [2.45, 2.75) is 6.42 Å². The molecule has 0 aliphatic rings. The van der Waals surface area contributed by atoms with Crippen LogP contribution in [0.4, 0.5) is 0 Å². The molecule has 4 heteroatoms. The molecule has 2 aromatic heterocycles. The third kappa shape index (κ3) is 3.30. The van der Waals surface area contributed by atoms with Gasteiger partial charge in [0.05, 0.1) is 5.52 Å². The molecular weight excluding hydrogens is 322 g/mol. The summed E-state index contributed by atoms with van der Waals surface area (Å²) in [6, 6.07) is 21.4. The number of ether oxygens (including phenoxy) is 1. The van der Waals surface area contributed by atoms with Gasteiger partial charge in [0.2, 0.25) is 5.88 Å². The van der Waals surface area contributed by atoms with Crippen molar-refractivity contribution in [2.24, 2.45) is 0 Å². The van der Waals surface area contributed by atoms with Crippen molar-refractivity contribution in [1.82, 2.24) is 15.0 Å². The van der Waals surface area contributed by atoms with Gasteiger partial charge in [-0.3, -0.25) is 0 Å². The van der Waals surface area contributed by atoms with Crippen LogP contribution in [-0.4, -0.2) is 15.0 Å². The van der Waals surface area contributed by atoms with Crippen LogP contribution < -0.4 is 4.74 Å². The van der Waals surface area contributed by atoms with Gasteiger partial charge in [-0.05, 0) is 30.2 Å². The third-order valence-electron chi connectivity index (χ3n) is 3.99. The molecule has 4 rings (SSSR count). The summed E-state index contributed by atoms with van der Waals surface area (Å²) >= 11 is 0. The molecule has 4 nitrogen and oxygen atoms in total. The quantitative estimate of drug-likeness (QED) is 0.468. The Hall–Kier alpha value is -3.53. The first-order chi connectivity index (χ1) is 12.8. The smallest absolute Gasteiger partial charge is 0.219 e. The monoisotopic (exact) mass is 339 g/mol. The van der Waals surface area contributed by atoms with Crippen LogP contribution in [0.1, 0.15) is 5.56 Å². The normalized spacial score (nSPS) is 10.6. The van der Waals surface area contributed by atoms with E-state index in [1.807, 2.05) is 79.0 Å². The molecule has 2 heterocycles. The Balaban J connectivity index is 1.67. The Kier molecular flexibility index (Phi) is 4.39. The molecule has 0 atom stereocenters. The van der Waals surface area contributed by atoms with Crippen LogP contribution in [0.3, 0.4) is 0 Å². The summed E-state index contributed by atoms with van der Waals surface area (Å²) in [7, 11) is 0. The van der Waals surface area contributed by atoms with Crippen molar-refractivity contribution >= 4 is 10.9 Å². The Labute approximate surface area is 151 Å².